The van der Waals surface area contributed by atoms with Gasteiger partial charge < -0.3 is 14.4 Å². The minimum Gasteiger partial charge on any atom is -0.468 e. The van der Waals surface area contributed by atoms with Crippen molar-refractivity contribution < 1.29 is 19.1 Å². The van der Waals surface area contributed by atoms with Crippen molar-refractivity contribution in [3.63, 3.8) is 0 Å². The standard InChI is InChI=1S/C23H30N4O4/c1-30-21(28)17-25-11-9-20-19(16-25)22(23(29)26-12-14-31-15-13-26)24-27(20)10-5-8-18-6-3-2-4-7-18/h2-4,6-7H,5,8-17H2,1H3. The number of fused-ring (bicyclic) bond motifs is 1. The van der Waals surface area contributed by atoms with Crippen molar-refractivity contribution in [2.45, 2.75) is 32.4 Å². The van der Waals surface area contributed by atoms with Gasteiger partial charge in [0.15, 0.2) is 5.69 Å². The molecule has 0 saturated carbocycles. The number of carbonyl (C=O) groups is 2. The highest BCUT2D eigenvalue weighted by molar-refractivity contribution is 5.94. The van der Waals surface area contributed by atoms with E-state index in [-0.39, 0.29) is 18.4 Å². The maximum atomic E-state index is 13.2. The predicted molar refractivity (Wildman–Crippen MR) is 115 cm³/mol. The van der Waals surface area contributed by atoms with Crippen molar-refractivity contribution in [3.8, 4) is 0 Å². The molecule has 2 aromatic rings. The Morgan fingerprint density at radius 3 is 2.65 bits per heavy atom. The van der Waals surface area contributed by atoms with Crippen LogP contribution in [0.4, 0.5) is 0 Å². The molecule has 31 heavy (non-hydrogen) atoms. The molecule has 0 unspecified atom stereocenters. The minimum atomic E-state index is -0.264. The fourth-order valence-corrected chi connectivity index (χ4v) is 4.28. The Morgan fingerprint density at radius 1 is 1.13 bits per heavy atom. The zero-order valence-corrected chi connectivity index (χ0v) is 18.1. The summed E-state index contributed by atoms with van der Waals surface area (Å²) < 4.78 is 12.2. The number of amides is 1. The van der Waals surface area contributed by atoms with Crippen LogP contribution < -0.4 is 0 Å². The smallest absolute Gasteiger partial charge is 0.319 e. The summed E-state index contributed by atoms with van der Waals surface area (Å²) in [6.07, 6.45) is 2.69. The molecule has 0 spiro atoms. The molecule has 166 valence electrons. The highest BCUT2D eigenvalue weighted by atomic mass is 16.5. The molecule has 1 amide bonds. The summed E-state index contributed by atoms with van der Waals surface area (Å²) in [5, 5.41) is 4.77. The monoisotopic (exact) mass is 426 g/mol. The fourth-order valence-electron chi connectivity index (χ4n) is 4.28. The SMILES string of the molecule is COC(=O)CN1CCc2c(c(C(=O)N3CCOCC3)nn2CCCc2ccccc2)C1. The fraction of sp³-hybridized carbons (Fsp3) is 0.522. The average molecular weight is 427 g/mol. The van der Waals surface area contributed by atoms with E-state index in [1.54, 1.807) is 0 Å². The molecule has 0 aliphatic carbocycles. The molecule has 8 heteroatoms. The van der Waals surface area contributed by atoms with Crippen LogP contribution in [0.1, 0.15) is 33.7 Å². The maximum Gasteiger partial charge on any atom is 0.319 e. The summed E-state index contributed by atoms with van der Waals surface area (Å²) in [5.41, 5.74) is 3.89. The first-order valence-electron chi connectivity index (χ1n) is 10.9. The summed E-state index contributed by atoms with van der Waals surface area (Å²) in [5.74, 6) is -0.305. The molecule has 0 atom stereocenters. The number of morpholine rings is 1. The van der Waals surface area contributed by atoms with E-state index >= 15 is 0 Å². The van der Waals surface area contributed by atoms with Crippen molar-refractivity contribution in [3.05, 3.63) is 52.8 Å². The zero-order valence-electron chi connectivity index (χ0n) is 18.1. The second-order valence-electron chi connectivity index (χ2n) is 8.03. The molecule has 3 heterocycles. The maximum absolute atomic E-state index is 13.2. The Hall–Kier alpha value is -2.71. The van der Waals surface area contributed by atoms with Gasteiger partial charge in [-0.2, -0.15) is 5.10 Å². The molecule has 0 bridgehead atoms. The molecule has 0 radical (unpaired) electrons. The lowest BCUT2D eigenvalue weighted by atomic mass is 10.0. The van der Waals surface area contributed by atoms with Crippen LogP contribution in [-0.2, 0) is 40.2 Å². The van der Waals surface area contributed by atoms with E-state index in [1.165, 1.54) is 12.7 Å². The van der Waals surface area contributed by atoms with E-state index in [0.29, 0.717) is 38.5 Å². The van der Waals surface area contributed by atoms with E-state index in [0.717, 1.165) is 43.6 Å². The summed E-state index contributed by atoms with van der Waals surface area (Å²) >= 11 is 0. The Morgan fingerprint density at radius 2 is 1.90 bits per heavy atom. The lowest BCUT2D eigenvalue weighted by Crippen LogP contribution is -2.42. The second kappa shape index (κ2) is 10.1. The van der Waals surface area contributed by atoms with Crippen molar-refractivity contribution in [2.75, 3.05) is 46.5 Å². The number of carbonyl (C=O) groups excluding carboxylic acids is 2. The van der Waals surface area contributed by atoms with Crippen LogP contribution in [0.15, 0.2) is 30.3 Å². The van der Waals surface area contributed by atoms with Crippen molar-refractivity contribution in [2.24, 2.45) is 0 Å². The first-order valence-corrected chi connectivity index (χ1v) is 10.9. The predicted octanol–water partition coefficient (Wildman–Crippen LogP) is 1.52. The van der Waals surface area contributed by atoms with Gasteiger partial charge in [-0.1, -0.05) is 30.3 Å². The van der Waals surface area contributed by atoms with Gasteiger partial charge in [0, 0.05) is 50.4 Å². The van der Waals surface area contributed by atoms with Gasteiger partial charge in [0.25, 0.3) is 5.91 Å². The number of hydrogen-bond acceptors (Lipinski definition) is 6. The largest absolute Gasteiger partial charge is 0.468 e. The summed E-state index contributed by atoms with van der Waals surface area (Å²) in [6.45, 7) is 4.55. The molecule has 0 N–H and O–H groups in total. The molecular weight excluding hydrogens is 396 g/mol. The second-order valence-corrected chi connectivity index (χ2v) is 8.03. The quantitative estimate of drug-likeness (QED) is 0.625. The highest BCUT2D eigenvalue weighted by Gasteiger charge is 2.31. The topological polar surface area (TPSA) is 76.9 Å². The lowest BCUT2D eigenvalue weighted by Gasteiger charge is -2.28. The first-order chi connectivity index (χ1) is 15.2. The minimum absolute atomic E-state index is 0.0405. The number of aryl methyl sites for hydroxylation is 2. The van der Waals surface area contributed by atoms with E-state index in [2.05, 4.69) is 24.3 Å². The number of esters is 1. The first kappa shape index (κ1) is 21.5. The molecule has 4 rings (SSSR count). The van der Waals surface area contributed by atoms with Gasteiger partial charge in [0.2, 0.25) is 0 Å². The lowest BCUT2D eigenvalue weighted by molar-refractivity contribution is -0.142. The van der Waals surface area contributed by atoms with Gasteiger partial charge in [0.05, 0.1) is 26.9 Å². The molecule has 1 fully saturated rings. The third-order valence-corrected chi connectivity index (χ3v) is 5.97. The Kier molecular flexibility index (Phi) is 6.99. The number of rotatable bonds is 7. The van der Waals surface area contributed by atoms with Crippen molar-refractivity contribution in [1.29, 1.82) is 0 Å². The van der Waals surface area contributed by atoms with Crippen molar-refractivity contribution >= 4 is 11.9 Å². The third kappa shape index (κ3) is 5.14. The van der Waals surface area contributed by atoms with Crippen molar-refractivity contribution in [1.82, 2.24) is 19.6 Å². The third-order valence-electron chi connectivity index (χ3n) is 5.97. The van der Waals surface area contributed by atoms with E-state index in [4.69, 9.17) is 14.6 Å². The normalized spacial score (nSPS) is 16.7. The molecule has 1 aromatic heterocycles. The number of aromatic nitrogens is 2. The van der Waals surface area contributed by atoms with Gasteiger partial charge in [-0.15, -0.1) is 0 Å². The molecule has 2 aliphatic heterocycles. The van der Waals surface area contributed by atoms with Crippen LogP contribution >= 0.6 is 0 Å². The van der Waals surface area contributed by atoms with Crippen LogP contribution in [0.5, 0.6) is 0 Å². The molecule has 2 aliphatic rings. The molecule has 1 saturated heterocycles. The van der Waals surface area contributed by atoms with E-state index < -0.39 is 0 Å². The molecule has 1 aromatic carbocycles. The Balaban J connectivity index is 1.53. The summed E-state index contributed by atoms with van der Waals surface area (Å²) in [6, 6.07) is 10.4. The van der Waals surface area contributed by atoms with Gasteiger partial charge in [0.1, 0.15) is 0 Å². The number of benzene rings is 1. The summed E-state index contributed by atoms with van der Waals surface area (Å²) in [7, 11) is 1.40. The van der Waals surface area contributed by atoms with E-state index in [9.17, 15) is 9.59 Å². The number of methoxy groups -OCH3 is 1. The summed E-state index contributed by atoms with van der Waals surface area (Å²) in [4.78, 5) is 28.9. The van der Waals surface area contributed by atoms with Crippen LogP contribution in [-0.4, -0.2) is 78.0 Å². The number of nitrogens with zero attached hydrogens (tertiary/aromatic N) is 4. The van der Waals surface area contributed by atoms with Crippen LogP contribution in [0.3, 0.4) is 0 Å². The highest BCUT2D eigenvalue weighted by Crippen LogP contribution is 2.25. The van der Waals surface area contributed by atoms with Gasteiger partial charge in [-0.05, 0) is 18.4 Å². The Labute approximate surface area is 182 Å². The van der Waals surface area contributed by atoms with Crippen LogP contribution in [0.25, 0.3) is 0 Å². The number of ether oxygens (including phenoxy) is 2. The van der Waals surface area contributed by atoms with Crippen LogP contribution in [0, 0.1) is 0 Å². The number of hydrogen-bond donors (Lipinski definition) is 0. The van der Waals surface area contributed by atoms with E-state index in [1.807, 2.05) is 20.5 Å². The molecular formula is C23H30N4O4. The zero-order chi connectivity index (χ0) is 21.6. The van der Waals surface area contributed by atoms with Crippen LogP contribution in [0.2, 0.25) is 0 Å². The Bertz CT molecular complexity index is 906. The van der Waals surface area contributed by atoms with Gasteiger partial charge in [-0.25, -0.2) is 0 Å². The molecule has 8 nitrogen and oxygen atoms in total. The van der Waals surface area contributed by atoms with Gasteiger partial charge in [-0.3, -0.25) is 19.2 Å². The van der Waals surface area contributed by atoms with Gasteiger partial charge >= 0.3 is 5.97 Å². The average Bonchev–Trinajstić information content (AvgIpc) is 3.17.